The minimum absolute atomic E-state index is 0.253. The van der Waals surface area contributed by atoms with Gasteiger partial charge in [0.2, 0.25) is 0 Å². The van der Waals surface area contributed by atoms with Crippen LogP contribution in [0.3, 0.4) is 0 Å². The second-order valence-electron chi connectivity index (χ2n) is 4.38. The summed E-state index contributed by atoms with van der Waals surface area (Å²) in [6.07, 6.45) is 3.49. The monoisotopic (exact) mass is 206 g/mol. The molecule has 1 fully saturated rings. The van der Waals surface area contributed by atoms with Crippen LogP contribution >= 0.6 is 0 Å². The van der Waals surface area contributed by atoms with Gasteiger partial charge in [-0.25, -0.2) is 0 Å². The van der Waals surface area contributed by atoms with E-state index in [2.05, 4.69) is 6.92 Å². The Morgan fingerprint density at radius 3 is 2.47 bits per heavy atom. The van der Waals surface area contributed by atoms with Gasteiger partial charge in [0, 0.05) is 12.0 Å². The fourth-order valence-corrected chi connectivity index (χ4v) is 1.89. The highest BCUT2D eigenvalue weighted by molar-refractivity contribution is 5.35. The molecule has 1 saturated carbocycles. The minimum atomic E-state index is 0.253. The normalized spacial score (nSPS) is 17.7. The number of hydrogen-bond acceptors (Lipinski definition) is 2. The first kappa shape index (κ1) is 10.5. The molecule has 0 amide bonds. The second kappa shape index (κ2) is 4.23. The van der Waals surface area contributed by atoms with Crippen LogP contribution in [0, 0.1) is 0 Å². The van der Waals surface area contributed by atoms with Crippen molar-refractivity contribution < 1.29 is 9.84 Å². The summed E-state index contributed by atoms with van der Waals surface area (Å²) in [5.74, 6) is 0.337. The van der Waals surface area contributed by atoms with Crippen molar-refractivity contribution in [1.82, 2.24) is 0 Å². The molecule has 0 heterocycles. The standard InChI is InChI=1S/C13H18O2/c1-2-9-15-10-13(7-8-13)11-3-5-12(14)6-4-11/h3-6,14H,2,7-10H2,1H3. The van der Waals surface area contributed by atoms with Gasteiger partial charge in [-0.05, 0) is 37.0 Å². The van der Waals surface area contributed by atoms with Gasteiger partial charge in [0.15, 0.2) is 0 Å². The van der Waals surface area contributed by atoms with Crippen LogP contribution in [0.2, 0.25) is 0 Å². The van der Waals surface area contributed by atoms with Crippen LogP contribution in [0.15, 0.2) is 24.3 Å². The largest absolute Gasteiger partial charge is 0.508 e. The Bertz CT molecular complexity index is 312. The Kier molecular flexibility index (Phi) is 2.96. The van der Waals surface area contributed by atoms with Gasteiger partial charge in [-0.15, -0.1) is 0 Å². The van der Waals surface area contributed by atoms with Crippen LogP contribution in [0.1, 0.15) is 31.7 Å². The smallest absolute Gasteiger partial charge is 0.115 e. The maximum Gasteiger partial charge on any atom is 0.115 e. The second-order valence-corrected chi connectivity index (χ2v) is 4.38. The number of phenols is 1. The lowest BCUT2D eigenvalue weighted by atomic mass is 9.97. The molecule has 2 heteroatoms. The van der Waals surface area contributed by atoms with Gasteiger partial charge in [-0.3, -0.25) is 0 Å². The predicted octanol–water partition coefficient (Wildman–Crippen LogP) is 2.85. The van der Waals surface area contributed by atoms with Gasteiger partial charge in [-0.2, -0.15) is 0 Å². The number of hydrogen-bond donors (Lipinski definition) is 1. The summed E-state index contributed by atoms with van der Waals surface area (Å²) < 4.78 is 5.63. The zero-order valence-electron chi connectivity index (χ0n) is 9.20. The molecule has 0 saturated heterocycles. The Morgan fingerprint density at radius 1 is 1.27 bits per heavy atom. The number of benzene rings is 1. The predicted molar refractivity (Wildman–Crippen MR) is 60.1 cm³/mol. The maximum atomic E-state index is 9.23. The van der Waals surface area contributed by atoms with E-state index in [1.165, 1.54) is 18.4 Å². The van der Waals surface area contributed by atoms with Crippen LogP contribution < -0.4 is 0 Å². The van der Waals surface area contributed by atoms with Crippen molar-refractivity contribution in [1.29, 1.82) is 0 Å². The van der Waals surface area contributed by atoms with Crippen molar-refractivity contribution in [2.75, 3.05) is 13.2 Å². The average molecular weight is 206 g/mol. The highest BCUT2D eigenvalue weighted by atomic mass is 16.5. The Hall–Kier alpha value is -1.02. The van der Waals surface area contributed by atoms with E-state index in [-0.39, 0.29) is 5.41 Å². The van der Waals surface area contributed by atoms with Gasteiger partial charge in [0.1, 0.15) is 5.75 Å². The van der Waals surface area contributed by atoms with Crippen LogP contribution in [0.25, 0.3) is 0 Å². The molecule has 82 valence electrons. The summed E-state index contributed by atoms with van der Waals surface area (Å²) in [6, 6.07) is 7.54. The van der Waals surface area contributed by atoms with E-state index in [0.717, 1.165) is 19.6 Å². The number of aromatic hydroxyl groups is 1. The van der Waals surface area contributed by atoms with Crippen LogP contribution in [-0.4, -0.2) is 18.3 Å². The molecule has 0 aliphatic heterocycles. The third kappa shape index (κ3) is 2.32. The van der Waals surface area contributed by atoms with Crippen molar-refractivity contribution >= 4 is 0 Å². The Balaban J connectivity index is 1.99. The zero-order chi connectivity index (χ0) is 10.7. The van der Waals surface area contributed by atoms with E-state index < -0.39 is 0 Å². The van der Waals surface area contributed by atoms with E-state index >= 15 is 0 Å². The summed E-state index contributed by atoms with van der Waals surface area (Å²) in [7, 11) is 0. The van der Waals surface area contributed by atoms with E-state index in [1.807, 2.05) is 12.1 Å². The van der Waals surface area contributed by atoms with Crippen LogP contribution in [0.4, 0.5) is 0 Å². The molecule has 1 aromatic rings. The van der Waals surface area contributed by atoms with Gasteiger partial charge in [-0.1, -0.05) is 19.1 Å². The maximum absolute atomic E-state index is 9.23. The molecule has 0 bridgehead atoms. The molecule has 0 radical (unpaired) electrons. The molecule has 0 aromatic heterocycles. The molecule has 1 aromatic carbocycles. The summed E-state index contributed by atoms with van der Waals surface area (Å²) in [5, 5.41) is 9.23. The number of rotatable bonds is 5. The molecular formula is C13H18O2. The lowest BCUT2D eigenvalue weighted by molar-refractivity contribution is 0.114. The van der Waals surface area contributed by atoms with E-state index in [1.54, 1.807) is 12.1 Å². The molecule has 2 rings (SSSR count). The number of phenolic OH excluding ortho intramolecular Hbond substituents is 1. The summed E-state index contributed by atoms with van der Waals surface area (Å²) >= 11 is 0. The Morgan fingerprint density at radius 2 is 1.93 bits per heavy atom. The van der Waals surface area contributed by atoms with Crippen LogP contribution in [0.5, 0.6) is 5.75 Å². The van der Waals surface area contributed by atoms with Crippen molar-refractivity contribution in [3.63, 3.8) is 0 Å². The SMILES string of the molecule is CCCOCC1(c2ccc(O)cc2)CC1. The fraction of sp³-hybridized carbons (Fsp3) is 0.538. The van der Waals surface area contributed by atoms with Crippen molar-refractivity contribution in [3.05, 3.63) is 29.8 Å². The molecule has 2 nitrogen and oxygen atoms in total. The highest BCUT2D eigenvalue weighted by Crippen LogP contribution is 2.48. The summed E-state index contributed by atoms with van der Waals surface area (Å²) in [5.41, 5.74) is 1.56. The molecule has 1 aliphatic carbocycles. The third-order valence-electron chi connectivity index (χ3n) is 3.06. The lowest BCUT2D eigenvalue weighted by Crippen LogP contribution is -2.15. The van der Waals surface area contributed by atoms with Crippen molar-refractivity contribution in [2.45, 2.75) is 31.6 Å². The van der Waals surface area contributed by atoms with Gasteiger partial charge < -0.3 is 9.84 Å². The lowest BCUT2D eigenvalue weighted by Gasteiger charge is -2.15. The molecular weight excluding hydrogens is 188 g/mol. The van der Waals surface area contributed by atoms with E-state index in [4.69, 9.17) is 4.74 Å². The molecule has 0 unspecified atom stereocenters. The summed E-state index contributed by atoms with van der Waals surface area (Å²) in [6.45, 7) is 3.80. The quantitative estimate of drug-likeness (QED) is 0.751. The van der Waals surface area contributed by atoms with Crippen molar-refractivity contribution in [3.8, 4) is 5.75 Å². The third-order valence-corrected chi connectivity index (χ3v) is 3.06. The van der Waals surface area contributed by atoms with Gasteiger partial charge in [0.25, 0.3) is 0 Å². The first-order valence-electron chi connectivity index (χ1n) is 5.64. The average Bonchev–Trinajstić information content (AvgIpc) is 3.00. The molecule has 1 N–H and O–H groups in total. The molecule has 1 aliphatic rings. The van der Waals surface area contributed by atoms with Crippen molar-refractivity contribution in [2.24, 2.45) is 0 Å². The van der Waals surface area contributed by atoms with E-state index in [0.29, 0.717) is 5.75 Å². The highest BCUT2D eigenvalue weighted by Gasteiger charge is 2.44. The summed E-state index contributed by atoms with van der Waals surface area (Å²) in [4.78, 5) is 0. The molecule has 15 heavy (non-hydrogen) atoms. The topological polar surface area (TPSA) is 29.5 Å². The first-order valence-corrected chi connectivity index (χ1v) is 5.64. The Labute approximate surface area is 90.9 Å². The zero-order valence-corrected chi connectivity index (χ0v) is 9.20. The first-order chi connectivity index (χ1) is 7.27. The van der Waals surface area contributed by atoms with E-state index in [9.17, 15) is 5.11 Å². The molecule has 0 spiro atoms. The van der Waals surface area contributed by atoms with Gasteiger partial charge in [0.05, 0.1) is 6.61 Å². The number of ether oxygens (including phenoxy) is 1. The fourth-order valence-electron chi connectivity index (χ4n) is 1.89. The van der Waals surface area contributed by atoms with Crippen LogP contribution in [-0.2, 0) is 10.2 Å². The van der Waals surface area contributed by atoms with Gasteiger partial charge >= 0.3 is 0 Å². The molecule has 0 atom stereocenters. The minimum Gasteiger partial charge on any atom is -0.508 e.